The minimum atomic E-state index is -0.429. The maximum absolute atomic E-state index is 10.7. The molecule has 5 heteroatoms. The van der Waals surface area contributed by atoms with Crippen LogP contribution in [0, 0.1) is 0 Å². The van der Waals surface area contributed by atoms with Crippen LogP contribution < -0.4 is 5.32 Å². The molecule has 2 rings (SSSR count). The van der Waals surface area contributed by atoms with Crippen LogP contribution in [0.4, 0.5) is 0 Å². The number of hydrogen-bond donors (Lipinski definition) is 2. The van der Waals surface area contributed by atoms with E-state index in [-0.39, 0.29) is 11.4 Å². The number of imidazole rings is 1. The Balaban J connectivity index is 2.69. The van der Waals surface area contributed by atoms with Crippen LogP contribution in [0.25, 0.3) is 0 Å². The Kier molecular flexibility index (Phi) is 0.743. The number of fused-ring (bicyclic) bond motifs is 1. The molecule has 0 spiro atoms. The highest BCUT2D eigenvalue weighted by Gasteiger charge is 2.28. The van der Waals surface area contributed by atoms with Gasteiger partial charge in [-0.05, 0) is 0 Å². The minimum absolute atomic E-state index is 0.185. The number of aromatic nitrogens is 2. The van der Waals surface area contributed by atoms with E-state index < -0.39 is 11.8 Å². The number of hydrogen-bond acceptors (Lipinski definition) is 3. The zero-order valence-electron chi connectivity index (χ0n) is 4.84. The lowest BCUT2D eigenvalue weighted by atomic mass is 10.4. The molecule has 2 N–H and O–H groups in total. The van der Waals surface area contributed by atoms with Gasteiger partial charge >= 0.3 is 0 Å². The number of H-pyrrole nitrogens is 1. The van der Waals surface area contributed by atoms with E-state index in [1.54, 1.807) is 0 Å². The monoisotopic (exact) mass is 137 g/mol. The SMILES string of the molecule is O=C1NC(=O)c2[nH]cnc21. The molecule has 5 nitrogen and oxygen atoms in total. The summed E-state index contributed by atoms with van der Waals surface area (Å²) in [6.45, 7) is 0. The predicted molar refractivity (Wildman–Crippen MR) is 30.4 cm³/mol. The van der Waals surface area contributed by atoms with Crippen LogP contribution in [-0.4, -0.2) is 21.8 Å². The molecule has 10 heavy (non-hydrogen) atoms. The van der Waals surface area contributed by atoms with Crippen molar-refractivity contribution in [3.8, 4) is 0 Å². The van der Waals surface area contributed by atoms with Gasteiger partial charge in [0, 0.05) is 0 Å². The molecule has 50 valence electrons. The quantitative estimate of drug-likeness (QED) is 0.464. The number of nitrogens with one attached hydrogen (secondary N) is 2. The third kappa shape index (κ3) is 0.439. The minimum Gasteiger partial charge on any atom is -0.340 e. The van der Waals surface area contributed by atoms with E-state index in [1.807, 2.05) is 0 Å². The molecule has 2 amide bonds. The molecule has 0 atom stereocenters. The molecular formula is C5H3N3O2. The molecule has 0 saturated heterocycles. The maximum atomic E-state index is 10.7. The van der Waals surface area contributed by atoms with Gasteiger partial charge in [-0.25, -0.2) is 4.98 Å². The summed E-state index contributed by atoms with van der Waals surface area (Å²) in [5.74, 6) is -0.834. The van der Waals surface area contributed by atoms with Gasteiger partial charge in [-0.15, -0.1) is 0 Å². The topological polar surface area (TPSA) is 74.8 Å². The summed E-state index contributed by atoms with van der Waals surface area (Å²) in [7, 11) is 0. The third-order valence-electron chi connectivity index (χ3n) is 1.31. The fourth-order valence-electron chi connectivity index (χ4n) is 0.864. The van der Waals surface area contributed by atoms with Gasteiger partial charge < -0.3 is 4.98 Å². The lowest BCUT2D eigenvalue weighted by molar-refractivity contribution is 0.0875. The van der Waals surface area contributed by atoms with Crippen LogP contribution in [0.5, 0.6) is 0 Å². The van der Waals surface area contributed by atoms with Crippen LogP contribution in [0.3, 0.4) is 0 Å². The predicted octanol–water partition coefficient (Wildman–Crippen LogP) is -0.707. The highest BCUT2D eigenvalue weighted by atomic mass is 16.2. The fourth-order valence-corrected chi connectivity index (χ4v) is 0.864. The Hall–Kier alpha value is -1.65. The molecule has 0 radical (unpaired) electrons. The van der Waals surface area contributed by atoms with Crippen LogP contribution >= 0.6 is 0 Å². The summed E-state index contributed by atoms with van der Waals surface area (Å²) >= 11 is 0. The van der Waals surface area contributed by atoms with Crippen LogP contribution in [0.2, 0.25) is 0 Å². The van der Waals surface area contributed by atoms with Crippen LogP contribution in [0.15, 0.2) is 6.33 Å². The smallest absolute Gasteiger partial charge is 0.279 e. The van der Waals surface area contributed by atoms with E-state index in [0.717, 1.165) is 0 Å². The Bertz CT molecular complexity index is 286. The second-order valence-electron chi connectivity index (χ2n) is 1.91. The molecule has 1 aromatic heterocycles. The molecule has 0 bridgehead atoms. The van der Waals surface area contributed by atoms with Crippen molar-refractivity contribution in [2.24, 2.45) is 0 Å². The fraction of sp³-hybridized carbons (Fsp3) is 0. The summed E-state index contributed by atoms with van der Waals surface area (Å²) in [5.41, 5.74) is 0.440. The van der Waals surface area contributed by atoms with E-state index in [4.69, 9.17) is 0 Å². The molecule has 0 aliphatic carbocycles. The molecule has 1 aromatic rings. The standard InChI is InChI=1S/C5H3N3O2/c9-4-2-3(5(10)8-4)7-1-6-2/h1H,(H,6,7)(H,8,9,10). The van der Waals surface area contributed by atoms with Crippen molar-refractivity contribution in [2.45, 2.75) is 0 Å². The molecule has 0 saturated carbocycles. The first-order chi connectivity index (χ1) is 4.79. The molecule has 1 aliphatic heterocycles. The zero-order chi connectivity index (χ0) is 7.14. The largest absolute Gasteiger partial charge is 0.340 e. The van der Waals surface area contributed by atoms with Gasteiger partial charge in [0.2, 0.25) is 0 Å². The van der Waals surface area contributed by atoms with Crippen LogP contribution in [-0.2, 0) is 0 Å². The van der Waals surface area contributed by atoms with E-state index in [2.05, 4.69) is 15.3 Å². The zero-order valence-corrected chi connectivity index (χ0v) is 4.84. The normalized spacial score (nSPS) is 15.2. The van der Waals surface area contributed by atoms with Gasteiger partial charge in [-0.1, -0.05) is 0 Å². The van der Waals surface area contributed by atoms with E-state index in [1.165, 1.54) is 6.33 Å². The van der Waals surface area contributed by atoms with E-state index >= 15 is 0 Å². The summed E-state index contributed by atoms with van der Waals surface area (Å²) in [4.78, 5) is 27.6. The lowest BCUT2D eigenvalue weighted by Gasteiger charge is -1.83. The molecule has 0 fully saturated rings. The third-order valence-corrected chi connectivity index (χ3v) is 1.31. The first kappa shape index (κ1) is 5.16. The molecular weight excluding hydrogens is 134 g/mol. The number of carbonyl (C=O) groups excluding carboxylic acids is 2. The van der Waals surface area contributed by atoms with Gasteiger partial charge in [-0.3, -0.25) is 14.9 Å². The lowest BCUT2D eigenvalue weighted by Crippen LogP contribution is -2.21. The maximum Gasteiger partial charge on any atom is 0.279 e. The summed E-state index contributed by atoms with van der Waals surface area (Å²) in [6, 6.07) is 0. The van der Waals surface area contributed by atoms with Crippen molar-refractivity contribution in [3.05, 3.63) is 17.7 Å². The van der Waals surface area contributed by atoms with Crippen molar-refractivity contribution in [3.63, 3.8) is 0 Å². The number of nitrogens with zero attached hydrogens (tertiary/aromatic N) is 1. The Labute approximate surface area is 55.5 Å². The van der Waals surface area contributed by atoms with Gasteiger partial charge in [0.05, 0.1) is 6.33 Å². The second kappa shape index (κ2) is 1.44. The molecule has 0 aromatic carbocycles. The first-order valence-electron chi connectivity index (χ1n) is 2.68. The number of rotatable bonds is 0. The number of carbonyl (C=O) groups is 2. The number of amides is 2. The Morgan fingerprint density at radius 3 is 2.80 bits per heavy atom. The average Bonchev–Trinajstić information content (AvgIpc) is 2.39. The van der Waals surface area contributed by atoms with Gasteiger partial charge in [0.25, 0.3) is 11.8 Å². The van der Waals surface area contributed by atoms with E-state index in [9.17, 15) is 9.59 Å². The van der Waals surface area contributed by atoms with Crippen molar-refractivity contribution in [1.29, 1.82) is 0 Å². The highest BCUT2D eigenvalue weighted by molar-refractivity contribution is 6.19. The highest BCUT2D eigenvalue weighted by Crippen LogP contribution is 2.08. The molecule has 1 aliphatic rings. The van der Waals surface area contributed by atoms with Gasteiger partial charge in [0.15, 0.2) is 5.69 Å². The first-order valence-corrected chi connectivity index (χ1v) is 2.68. The summed E-state index contributed by atoms with van der Waals surface area (Å²) in [5, 5.41) is 2.09. The number of imide groups is 1. The Morgan fingerprint density at radius 1 is 1.30 bits per heavy atom. The summed E-state index contributed by atoms with van der Waals surface area (Å²) in [6.07, 6.45) is 1.32. The number of aromatic amines is 1. The molecule has 2 heterocycles. The van der Waals surface area contributed by atoms with Crippen molar-refractivity contribution >= 4 is 11.8 Å². The van der Waals surface area contributed by atoms with Gasteiger partial charge in [-0.2, -0.15) is 0 Å². The summed E-state index contributed by atoms with van der Waals surface area (Å²) < 4.78 is 0. The second-order valence-corrected chi connectivity index (χ2v) is 1.91. The Morgan fingerprint density at radius 2 is 2.10 bits per heavy atom. The van der Waals surface area contributed by atoms with E-state index in [0.29, 0.717) is 0 Å². The molecule has 0 unspecified atom stereocenters. The van der Waals surface area contributed by atoms with Crippen molar-refractivity contribution in [1.82, 2.24) is 15.3 Å². The van der Waals surface area contributed by atoms with Crippen molar-refractivity contribution < 1.29 is 9.59 Å². The van der Waals surface area contributed by atoms with Crippen molar-refractivity contribution in [2.75, 3.05) is 0 Å². The van der Waals surface area contributed by atoms with Gasteiger partial charge in [0.1, 0.15) is 5.69 Å². The average molecular weight is 137 g/mol. The van der Waals surface area contributed by atoms with Crippen LogP contribution in [0.1, 0.15) is 21.0 Å².